The van der Waals surface area contributed by atoms with E-state index >= 15 is 0 Å². The van der Waals surface area contributed by atoms with Crippen molar-refractivity contribution in [2.45, 2.75) is 31.5 Å². The van der Waals surface area contributed by atoms with E-state index in [1.165, 1.54) is 11.1 Å². The van der Waals surface area contributed by atoms with Gasteiger partial charge in [0.05, 0.1) is 13.2 Å². The molecule has 2 atom stereocenters. The topological polar surface area (TPSA) is 58.7 Å². The van der Waals surface area contributed by atoms with Gasteiger partial charge in [0.1, 0.15) is 5.75 Å². The lowest BCUT2D eigenvalue weighted by molar-refractivity contribution is 0.0896. The first-order chi connectivity index (χ1) is 11.6. The molecule has 0 bridgehead atoms. The second kappa shape index (κ2) is 8.83. The summed E-state index contributed by atoms with van der Waals surface area (Å²) in [5.74, 6) is 0.845. The summed E-state index contributed by atoms with van der Waals surface area (Å²) in [6.45, 7) is 9.53. The van der Waals surface area contributed by atoms with Crippen molar-refractivity contribution in [3.05, 3.63) is 66.3 Å². The number of allylic oxidation sites excluding steroid dienone is 2. The minimum absolute atomic E-state index is 0.266. The molecule has 4 nitrogen and oxygen atoms in total. The second-order valence-corrected chi connectivity index (χ2v) is 6.26. The quantitative estimate of drug-likeness (QED) is 0.770. The van der Waals surface area contributed by atoms with Gasteiger partial charge in [0.2, 0.25) is 0 Å². The lowest BCUT2D eigenvalue weighted by Crippen LogP contribution is -2.41. The summed E-state index contributed by atoms with van der Waals surface area (Å²) in [4.78, 5) is 2.30. The maximum Gasteiger partial charge on any atom is 0.118 e. The van der Waals surface area contributed by atoms with Gasteiger partial charge in [-0.2, -0.15) is 0 Å². The summed E-state index contributed by atoms with van der Waals surface area (Å²) in [6, 6.07) is 8.37. The Morgan fingerprint density at radius 3 is 2.67 bits per heavy atom. The molecule has 0 saturated heterocycles. The fourth-order valence-electron chi connectivity index (χ4n) is 3.13. The lowest BCUT2D eigenvalue weighted by Gasteiger charge is -2.30. The van der Waals surface area contributed by atoms with Crippen LogP contribution >= 0.6 is 0 Å². The number of nitrogens with zero attached hydrogens (tertiary/aromatic N) is 1. The Morgan fingerprint density at radius 1 is 1.38 bits per heavy atom. The molecule has 1 aliphatic carbocycles. The third-order valence-electron chi connectivity index (χ3n) is 4.49. The van der Waals surface area contributed by atoms with Gasteiger partial charge in [0, 0.05) is 25.7 Å². The van der Waals surface area contributed by atoms with E-state index in [0.29, 0.717) is 12.6 Å². The predicted octanol–water partition coefficient (Wildman–Crippen LogP) is 2.65. The smallest absolute Gasteiger partial charge is 0.118 e. The first kappa shape index (κ1) is 18.5. The van der Waals surface area contributed by atoms with E-state index in [9.17, 15) is 5.11 Å². The third-order valence-corrected chi connectivity index (χ3v) is 4.49. The van der Waals surface area contributed by atoms with Gasteiger partial charge in [-0.25, -0.2) is 0 Å². The van der Waals surface area contributed by atoms with Gasteiger partial charge in [0.15, 0.2) is 0 Å². The molecule has 1 saturated carbocycles. The van der Waals surface area contributed by atoms with Crippen LogP contribution in [0.1, 0.15) is 18.4 Å². The van der Waals surface area contributed by atoms with Crippen molar-refractivity contribution in [1.29, 1.82) is 0 Å². The number of aliphatic hydroxyl groups excluding tert-OH is 1. The highest BCUT2D eigenvalue weighted by Gasteiger charge is 2.28. The molecule has 1 aliphatic rings. The standard InChI is InChI=1S/C20H28N2O2/c1-4-5-17-11-18(10-15(17)2)22(14-19(23)12-21)13-16-6-8-20(24-3)9-7-16/h4-9,18-19,23H,1-2,10-14,21H2,3H3/b17-5-. The minimum Gasteiger partial charge on any atom is -0.497 e. The summed E-state index contributed by atoms with van der Waals surface area (Å²) >= 11 is 0. The van der Waals surface area contributed by atoms with Crippen molar-refractivity contribution in [3.63, 3.8) is 0 Å². The third kappa shape index (κ3) is 4.81. The molecule has 0 aliphatic heterocycles. The zero-order valence-corrected chi connectivity index (χ0v) is 14.4. The molecule has 1 aromatic carbocycles. The van der Waals surface area contributed by atoms with Gasteiger partial charge in [-0.1, -0.05) is 43.0 Å². The molecule has 24 heavy (non-hydrogen) atoms. The molecule has 1 fully saturated rings. The number of rotatable bonds is 8. The van der Waals surface area contributed by atoms with Crippen molar-refractivity contribution in [3.8, 4) is 5.75 Å². The van der Waals surface area contributed by atoms with E-state index < -0.39 is 6.10 Å². The maximum atomic E-state index is 10.0. The van der Waals surface area contributed by atoms with Crippen LogP contribution in [0.25, 0.3) is 0 Å². The molecule has 0 radical (unpaired) electrons. The van der Waals surface area contributed by atoms with Crippen LogP contribution in [-0.4, -0.2) is 42.4 Å². The number of nitrogens with two attached hydrogens (primary N) is 1. The Labute approximate surface area is 144 Å². The molecule has 0 spiro atoms. The van der Waals surface area contributed by atoms with Crippen LogP contribution < -0.4 is 10.5 Å². The van der Waals surface area contributed by atoms with Crippen LogP contribution in [0.15, 0.2) is 60.7 Å². The molecule has 3 N–H and O–H groups in total. The monoisotopic (exact) mass is 328 g/mol. The highest BCUT2D eigenvalue weighted by molar-refractivity contribution is 5.37. The van der Waals surface area contributed by atoms with Crippen molar-refractivity contribution in [2.75, 3.05) is 20.2 Å². The van der Waals surface area contributed by atoms with Gasteiger partial charge >= 0.3 is 0 Å². The number of aliphatic hydroxyl groups is 1. The summed E-state index contributed by atoms with van der Waals surface area (Å²) in [6.07, 6.45) is 5.16. The average molecular weight is 328 g/mol. The maximum absolute atomic E-state index is 10.0. The zero-order chi connectivity index (χ0) is 17.5. The van der Waals surface area contributed by atoms with Gasteiger partial charge in [-0.3, -0.25) is 4.90 Å². The Hall–Kier alpha value is -1.88. The number of ether oxygens (including phenoxy) is 1. The lowest BCUT2D eigenvalue weighted by atomic mass is 10.1. The van der Waals surface area contributed by atoms with Gasteiger partial charge in [-0.15, -0.1) is 0 Å². The normalized spacial score (nSPS) is 20.6. The zero-order valence-electron chi connectivity index (χ0n) is 14.4. The number of benzene rings is 1. The molecule has 0 heterocycles. The highest BCUT2D eigenvalue weighted by atomic mass is 16.5. The Balaban J connectivity index is 2.13. The van der Waals surface area contributed by atoms with E-state index in [0.717, 1.165) is 30.7 Å². The van der Waals surface area contributed by atoms with Crippen molar-refractivity contribution in [1.82, 2.24) is 4.90 Å². The molecular weight excluding hydrogens is 300 g/mol. The molecule has 0 amide bonds. The summed E-state index contributed by atoms with van der Waals surface area (Å²) < 4.78 is 5.21. The Morgan fingerprint density at radius 2 is 2.08 bits per heavy atom. The minimum atomic E-state index is -0.524. The predicted molar refractivity (Wildman–Crippen MR) is 98.9 cm³/mol. The van der Waals surface area contributed by atoms with E-state index in [1.54, 1.807) is 7.11 Å². The van der Waals surface area contributed by atoms with Gasteiger partial charge < -0.3 is 15.6 Å². The summed E-state index contributed by atoms with van der Waals surface area (Å²) in [5, 5.41) is 10.0. The molecule has 4 heteroatoms. The van der Waals surface area contributed by atoms with E-state index in [1.807, 2.05) is 24.3 Å². The summed E-state index contributed by atoms with van der Waals surface area (Å²) in [5.41, 5.74) is 9.21. The van der Waals surface area contributed by atoms with Crippen LogP contribution in [0.3, 0.4) is 0 Å². The second-order valence-electron chi connectivity index (χ2n) is 6.26. The molecule has 2 rings (SSSR count). The molecule has 1 aromatic rings. The van der Waals surface area contributed by atoms with Crippen molar-refractivity contribution in [2.24, 2.45) is 5.73 Å². The highest BCUT2D eigenvalue weighted by Crippen LogP contribution is 2.33. The van der Waals surface area contributed by atoms with Crippen LogP contribution in [0.2, 0.25) is 0 Å². The summed E-state index contributed by atoms with van der Waals surface area (Å²) in [7, 11) is 1.66. The van der Waals surface area contributed by atoms with Crippen LogP contribution in [0, 0.1) is 0 Å². The van der Waals surface area contributed by atoms with Gasteiger partial charge in [0.25, 0.3) is 0 Å². The molecular formula is C20H28N2O2. The van der Waals surface area contributed by atoms with Crippen molar-refractivity contribution >= 4 is 0 Å². The first-order valence-electron chi connectivity index (χ1n) is 8.32. The fraction of sp³-hybridized carbons (Fsp3) is 0.400. The van der Waals surface area contributed by atoms with Crippen molar-refractivity contribution < 1.29 is 9.84 Å². The van der Waals surface area contributed by atoms with E-state index in [-0.39, 0.29) is 6.54 Å². The van der Waals surface area contributed by atoms with E-state index in [2.05, 4.69) is 30.2 Å². The van der Waals surface area contributed by atoms with E-state index in [4.69, 9.17) is 10.5 Å². The molecule has 2 unspecified atom stereocenters. The molecule has 130 valence electrons. The SMILES string of the molecule is C=C/C=C1/CC(N(Cc2ccc(OC)cc2)CC(O)CN)CC1=C. The Bertz CT molecular complexity index is 592. The first-order valence-corrected chi connectivity index (χ1v) is 8.32. The van der Waals surface area contributed by atoms with Crippen LogP contribution in [0.5, 0.6) is 5.75 Å². The fourth-order valence-corrected chi connectivity index (χ4v) is 3.13. The van der Waals surface area contributed by atoms with Gasteiger partial charge in [-0.05, 0) is 36.1 Å². The number of hydrogen-bond donors (Lipinski definition) is 2. The van der Waals surface area contributed by atoms with Crippen LogP contribution in [-0.2, 0) is 6.54 Å². The van der Waals surface area contributed by atoms with Crippen LogP contribution in [0.4, 0.5) is 0 Å². The largest absolute Gasteiger partial charge is 0.497 e. The Kier molecular flexibility index (Phi) is 6.79. The molecule has 0 aromatic heterocycles. The average Bonchev–Trinajstić information content (AvgIpc) is 2.96. The number of methoxy groups -OCH3 is 1. The number of hydrogen-bond acceptors (Lipinski definition) is 4.